The van der Waals surface area contributed by atoms with Crippen molar-refractivity contribution in [3.05, 3.63) is 46.3 Å². The number of carbonyl (C=O) groups is 3. The molecule has 1 N–H and O–H groups in total. The first-order chi connectivity index (χ1) is 13.2. The number of esters is 1. The van der Waals surface area contributed by atoms with Crippen LogP contribution in [0.4, 0.5) is 0 Å². The van der Waals surface area contributed by atoms with Crippen LogP contribution in [0.25, 0.3) is 0 Å². The Bertz CT molecular complexity index is 794. The number of Topliss-reactive ketones (excluding diaryl/α,β-unsaturated/α-hetero) is 2. The monoisotopic (exact) mass is 386 g/mol. The van der Waals surface area contributed by atoms with Crippen LogP contribution in [0.2, 0.25) is 0 Å². The Morgan fingerprint density at radius 1 is 1.29 bits per heavy atom. The fourth-order valence-electron chi connectivity index (χ4n) is 4.09. The van der Waals surface area contributed by atoms with Crippen molar-refractivity contribution < 1.29 is 24.2 Å². The van der Waals surface area contributed by atoms with Crippen molar-refractivity contribution in [3.63, 3.8) is 0 Å². The Morgan fingerprint density at radius 3 is 2.54 bits per heavy atom. The number of unbranched alkanes of at least 4 members (excludes halogenated alkanes) is 2. The number of allylic oxidation sites excluding steroid dienone is 5. The average molecular weight is 386 g/mol. The largest absolute Gasteiger partial charge is 0.507 e. The highest BCUT2D eigenvalue weighted by Gasteiger charge is 2.43. The number of ketones is 2. The molecule has 0 aromatic heterocycles. The summed E-state index contributed by atoms with van der Waals surface area (Å²) in [7, 11) is 1.20. The van der Waals surface area contributed by atoms with E-state index in [4.69, 9.17) is 4.74 Å². The Hall–Kier alpha value is -2.43. The van der Waals surface area contributed by atoms with Gasteiger partial charge in [-0.05, 0) is 45.4 Å². The topological polar surface area (TPSA) is 80.7 Å². The van der Waals surface area contributed by atoms with Crippen LogP contribution in [0.1, 0.15) is 59.3 Å². The van der Waals surface area contributed by atoms with E-state index < -0.39 is 29.2 Å². The lowest BCUT2D eigenvalue weighted by Gasteiger charge is -2.33. The molecule has 0 spiro atoms. The molecule has 5 nitrogen and oxygen atoms in total. The lowest BCUT2D eigenvalue weighted by Crippen LogP contribution is -2.35. The van der Waals surface area contributed by atoms with Gasteiger partial charge in [-0.2, -0.15) is 0 Å². The van der Waals surface area contributed by atoms with E-state index in [0.29, 0.717) is 6.42 Å². The molecule has 5 heteroatoms. The van der Waals surface area contributed by atoms with Crippen molar-refractivity contribution in [2.24, 2.45) is 11.8 Å². The van der Waals surface area contributed by atoms with Crippen LogP contribution in [-0.4, -0.2) is 29.8 Å². The minimum absolute atomic E-state index is 0.00306. The number of ether oxygens (including phenoxy) is 1. The molecule has 0 amide bonds. The second-order valence-corrected chi connectivity index (χ2v) is 7.75. The highest BCUT2D eigenvalue weighted by atomic mass is 16.5. The van der Waals surface area contributed by atoms with E-state index in [9.17, 15) is 19.5 Å². The molecule has 0 saturated carbocycles. The molecular weight excluding hydrogens is 356 g/mol. The van der Waals surface area contributed by atoms with Crippen LogP contribution in [0, 0.1) is 11.8 Å². The number of carbonyl (C=O) groups excluding carboxylic acids is 3. The number of aliphatic hydroxyl groups is 1. The van der Waals surface area contributed by atoms with E-state index in [2.05, 4.69) is 6.58 Å². The van der Waals surface area contributed by atoms with Crippen LogP contribution >= 0.6 is 0 Å². The van der Waals surface area contributed by atoms with Gasteiger partial charge in [0.25, 0.3) is 0 Å². The zero-order valence-electron chi connectivity index (χ0n) is 17.3. The number of hydrogen-bond donors (Lipinski definition) is 1. The lowest BCUT2D eigenvalue weighted by atomic mass is 9.70. The van der Waals surface area contributed by atoms with Gasteiger partial charge >= 0.3 is 5.97 Å². The number of hydrogen-bond acceptors (Lipinski definition) is 5. The normalized spacial score (nSPS) is 23.1. The maximum Gasteiger partial charge on any atom is 0.342 e. The number of methoxy groups -OCH3 is 1. The van der Waals surface area contributed by atoms with E-state index >= 15 is 0 Å². The van der Waals surface area contributed by atoms with E-state index in [1.54, 1.807) is 0 Å². The van der Waals surface area contributed by atoms with Crippen LogP contribution in [0.15, 0.2) is 46.3 Å². The fraction of sp³-hybridized carbons (Fsp3) is 0.522. The minimum atomic E-state index is -0.786. The molecule has 0 saturated heterocycles. The lowest BCUT2D eigenvalue weighted by molar-refractivity contribution is -0.137. The Labute approximate surface area is 166 Å². The predicted octanol–water partition coefficient (Wildman–Crippen LogP) is 4.55. The highest BCUT2D eigenvalue weighted by Crippen LogP contribution is 2.42. The van der Waals surface area contributed by atoms with Crippen molar-refractivity contribution in [3.8, 4) is 0 Å². The zero-order valence-corrected chi connectivity index (χ0v) is 17.3. The molecule has 0 radical (unpaired) electrons. The first kappa shape index (κ1) is 21.9. The molecule has 0 unspecified atom stereocenters. The van der Waals surface area contributed by atoms with Gasteiger partial charge in [0.2, 0.25) is 11.6 Å². The van der Waals surface area contributed by atoms with Crippen molar-refractivity contribution in [2.75, 3.05) is 7.11 Å². The molecule has 152 valence electrons. The van der Waals surface area contributed by atoms with Crippen molar-refractivity contribution in [1.29, 1.82) is 0 Å². The molecule has 2 atom stereocenters. The molecule has 2 aliphatic rings. The summed E-state index contributed by atoms with van der Waals surface area (Å²) in [5.74, 6) is -3.17. The molecule has 0 bridgehead atoms. The van der Waals surface area contributed by atoms with E-state index in [1.807, 2.05) is 26.8 Å². The molecular formula is C23H30O5. The minimum Gasteiger partial charge on any atom is -0.507 e. The third kappa shape index (κ3) is 4.18. The third-order valence-electron chi connectivity index (χ3n) is 5.65. The van der Waals surface area contributed by atoms with Crippen molar-refractivity contribution in [2.45, 2.75) is 59.3 Å². The summed E-state index contributed by atoms with van der Waals surface area (Å²) in [5.41, 5.74) is 1.87. The molecule has 0 heterocycles. The molecule has 2 rings (SSSR count). The predicted molar refractivity (Wildman–Crippen MR) is 108 cm³/mol. The van der Waals surface area contributed by atoms with Gasteiger partial charge in [-0.25, -0.2) is 4.79 Å². The Balaban J connectivity index is 2.65. The second-order valence-electron chi connectivity index (χ2n) is 7.75. The Morgan fingerprint density at radius 2 is 1.96 bits per heavy atom. The van der Waals surface area contributed by atoms with Crippen LogP contribution < -0.4 is 0 Å². The average Bonchev–Trinajstić information content (AvgIpc) is 2.65. The fourth-order valence-corrected chi connectivity index (χ4v) is 4.09. The molecule has 28 heavy (non-hydrogen) atoms. The maximum absolute atomic E-state index is 13.0. The van der Waals surface area contributed by atoms with Gasteiger partial charge in [0.05, 0.1) is 12.7 Å². The smallest absolute Gasteiger partial charge is 0.342 e. The van der Waals surface area contributed by atoms with E-state index in [1.165, 1.54) is 7.11 Å². The number of aliphatic hydroxyl groups excluding tert-OH is 1. The van der Waals surface area contributed by atoms with Gasteiger partial charge in [-0.3, -0.25) is 9.59 Å². The van der Waals surface area contributed by atoms with Gasteiger partial charge in [0.15, 0.2) is 0 Å². The first-order valence-corrected chi connectivity index (χ1v) is 9.91. The molecule has 2 aliphatic carbocycles. The number of rotatable bonds is 7. The highest BCUT2D eigenvalue weighted by molar-refractivity contribution is 6.51. The van der Waals surface area contributed by atoms with E-state index in [0.717, 1.165) is 36.8 Å². The van der Waals surface area contributed by atoms with Crippen molar-refractivity contribution in [1.82, 2.24) is 0 Å². The van der Waals surface area contributed by atoms with Crippen LogP contribution in [-0.2, 0) is 19.1 Å². The van der Waals surface area contributed by atoms with Gasteiger partial charge < -0.3 is 9.84 Å². The van der Waals surface area contributed by atoms with Crippen LogP contribution in [0.3, 0.4) is 0 Å². The summed E-state index contributed by atoms with van der Waals surface area (Å²) < 4.78 is 4.82. The molecule has 0 aromatic carbocycles. The van der Waals surface area contributed by atoms with Gasteiger partial charge in [-0.1, -0.05) is 43.6 Å². The quantitative estimate of drug-likeness (QED) is 0.228. The van der Waals surface area contributed by atoms with Crippen molar-refractivity contribution >= 4 is 17.5 Å². The molecule has 0 aromatic rings. The Kier molecular flexibility index (Phi) is 7.17. The molecule has 0 fully saturated rings. The van der Waals surface area contributed by atoms with Gasteiger partial charge in [-0.15, -0.1) is 0 Å². The summed E-state index contributed by atoms with van der Waals surface area (Å²) in [6.07, 6.45) is 6.28. The SMILES string of the molecule is C=C(C)[C@@H]1CCC(C)=C[C@H]1C1=C(O)C(C(=O)OC)=C(CCCCC)C(=O)C1=O. The molecule has 0 aliphatic heterocycles. The third-order valence-corrected chi connectivity index (χ3v) is 5.65. The van der Waals surface area contributed by atoms with E-state index in [-0.39, 0.29) is 29.1 Å². The second kappa shape index (κ2) is 9.18. The maximum atomic E-state index is 13.0. The van der Waals surface area contributed by atoms with Gasteiger partial charge in [0, 0.05) is 11.5 Å². The summed E-state index contributed by atoms with van der Waals surface area (Å²) >= 11 is 0. The summed E-state index contributed by atoms with van der Waals surface area (Å²) in [5, 5.41) is 11.0. The summed E-state index contributed by atoms with van der Waals surface area (Å²) in [6.45, 7) is 9.88. The first-order valence-electron chi connectivity index (χ1n) is 9.91. The standard InChI is InChI=1S/C23H30O5/c1-6-7-8-9-16-19(23(27)28-5)21(25)18(22(26)20(16)24)17-12-14(4)10-11-15(17)13(2)3/h12,15,17,25H,2,6-11H2,1,3-5H3/t15-,17+/m0/s1. The summed E-state index contributed by atoms with van der Waals surface area (Å²) in [6, 6.07) is 0. The summed E-state index contributed by atoms with van der Waals surface area (Å²) in [4.78, 5) is 38.3. The van der Waals surface area contributed by atoms with Gasteiger partial charge in [0.1, 0.15) is 11.3 Å². The zero-order chi connectivity index (χ0) is 21.0. The van der Waals surface area contributed by atoms with Crippen LogP contribution in [0.5, 0.6) is 0 Å².